The van der Waals surface area contributed by atoms with Crippen LogP contribution < -0.4 is 14.8 Å². The number of aromatic nitrogens is 1. The molecule has 0 saturated carbocycles. The molecule has 6 nitrogen and oxygen atoms in total. The quantitative estimate of drug-likeness (QED) is 0.887. The summed E-state index contributed by atoms with van der Waals surface area (Å²) in [6.07, 6.45) is 0.632. The lowest BCUT2D eigenvalue weighted by Gasteiger charge is -2.11. The first-order valence-electron chi connectivity index (χ1n) is 7.18. The molecule has 0 aliphatic rings. The van der Waals surface area contributed by atoms with E-state index in [9.17, 15) is 4.79 Å². The number of methoxy groups -OCH3 is 1. The molecule has 118 valence electrons. The molecule has 1 aromatic carbocycles. The molecule has 0 saturated heterocycles. The average Bonchev–Trinajstić information content (AvgIpc) is 2.90. The summed E-state index contributed by atoms with van der Waals surface area (Å²) in [6, 6.07) is 5.25. The first-order valence-corrected chi connectivity index (χ1v) is 7.18. The maximum atomic E-state index is 12.4. The number of carbonyl (C=O) groups excluding carboxylic acids is 1. The van der Waals surface area contributed by atoms with Crippen molar-refractivity contribution in [1.82, 2.24) is 5.16 Å². The van der Waals surface area contributed by atoms with E-state index in [0.29, 0.717) is 47.2 Å². The molecule has 0 spiro atoms. The number of carbonyl (C=O) groups is 1. The SMILES string of the molecule is CCOc1ccc(NC(=O)c2c(CC)noc2C)cc1OC. The highest BCUT2D eigenvalue weighted by atomic mass is 16.5. The minimum atomic E-state index is -0.248. The lowest BCUT2D eigenvalue weighted by Crippen LogP contribution is -2.14. The summed E-state index contributed by atoms with van der Waals surface area (Å²) in [6.45, 7) is 6.09. The average molecular weight is 304 g/mol. The van der Waals surface area contributed by atoms with Crippen LogP contribution in [-0.2, 0) is 6.42 Å². The highest BCUT2D eigenvalue weighted by Crippen LogP contribution is 2.30. The Morgan fingerprint density at radius 2 is 2.09 bits per heavy atom. The maximum Gasteiger partial charge on any atom is 0.261 e. The second-order valence-corrected chi connectivity index (χ2v) is 4.67. The van der Waals surface area contributed by atoms with Crippen LogP contribution >= 0.6 is 0 Å². The smallest absolute Gasteiger partial charge is 0.261 e. The minimum absolute atomic E-state index is 0.248. The Hall–Kier alpha value is -2.50. The fourth-order valence-electron chi connectivity index (χ4n) is 2.16. The van der Waals surface area contributed by atoms with Crippen molar-refractivity contribution < 1.29 is 18.8 Å². The Bertz CT molecular complexity index is 664. The lowest BCUT2D eigenvalue weighted by molar-refractivity contribution is 0.102. The summed E-state index contributed by atoms with van der Waals surface area (Å²) >= 11 is 0. The van der Waals surface area contributed by atoms with Crippen LogP contribution in [0.2, 0.25) is 0 Å². The maximum absolute atomic E-state index is 12.4. The van der Waals surface area contributed by atoms with Crippen molar-refractivity contribution in [2.45, 2.75) is 27.2 Å². The van der Waals surface area contributed by atoms with Gasteiger partial charge in [-0.25, -0.2) is 0 Å². The Balaban J connectivity index is 2.23. The Morgan fingerprint density at radius 3 is 2.73 bits per heavy atom. The molecule has 1 amide bonds. The number of anilines is 1. The molecular weight excluding hydrogens is 284 g/mol. The van der Waals surface area contributed by atoms with Crippen molar-refractivity contribution in [2.75, 3.05) is 19.0 Å². The molecule has 0 radical (unpaired) electrons. The highest BCUT2D eigenvalue weighted by Gasteiger charge is 2.19. The number of benzene rings is 1. The largest absolute Gasteiger partial charge is 0.493 e. The molecule has 22 heavy (non-hydrogen) atoms. The fraction of sp³-hybridized carbons (Fsp3) is 0.375. The number of nitrogens with one attached hydrogen (secondary N) is 1. The van der Waals surface area contributed by atoms with E-state index in [1.165, 1.54) is 0 Å². The summed E-state index contributed by atoms with van der Waals surface area (Å²) in [7, 11) is 1.56. The Morgan fingerprint density at radius 1 is 1.32 bits per heavy atom. The first kappa shape index (κ1) is 15.9. The van der Waals surface area contributed by atoms with Gasteiger partial charge in [0.1, 0.15) is 11.3 Å². The molecule has 1 N–H and O–H groups in total. The van der Waals surface area contributed by atoms with E-state index in [4.69, 9.17) is 14.0 Å². The second-order valence-electron chi connectivity index (χ2n) is 4.67. The summed E-state index contributed by atoms with van der Waals surface area (Å²) in [5, 5.41) is 6.72. The lowest BCUT2D eigenvalue weighted by atomic mass is 10.1. The molecule has 0 atom stereocenters. The zero-order valence-electron chi connectivity index (χ0n) is 13.2. The molecule has 0 aliphatic carbocycles. The van der Waals surface area contributed by atoms with Crippen molar-refractivity contribution in [3.8, 4) is 11.5 Å². The monoisotopic (exact) mass is 304 g/mol. The number of amides is 1. The third-order valence-corrected chi connectivity index (χ3v) is 3.22. The topological polar surface area (TPSA) is 73.6 Å². The van der Waals surface area contributed by atoms with Crippen LogP contribution in [0.1, 0.15) is 35.7 Å². The third kappa shape index (κ3) is 3.21. The first-order chi connectivity index (χ1) is 10.6. The normalized spacial score (nSPS) is 10.4. The van der Waals surface area contributed by atoms with Crippen LogP contribution in [0.4, 0.5) is 5.69 Å². The number of hydrogen-bond donors (Lipinski definition) is 1. The minimum Gasteiger partial charge on any atom is -0.493 e. The van der Waals surface area contributed by atoms with Gasteiger partial charge in [-0.15, -0.1) is 0 Å². The van der Waals surface area contributed by atoms with Gasteiger partial charge in [0.2, 0.25) is 0 Å². The van der Waals surface area contributed by atoms with Crippen LogP contribution in [0.5, 0.6) is 11.5 Å². The van der Waals surface area contributed by atoms with Gasteiger partial charge in [-0.05, 0) is 32.4 Å². The number of hydrogen-bond acceptors (Lipinski definition) is 5. The summed E-state index contributed by atoms with van der Waals surface area (Å²) < 4.78 is 15.8. The molecule has 0 fully saturated rings. The van der Waals surface area contributed by atoms with Gasteiger partial charge >= 0.3 is 0 Å². The van der Waals surface area contributed by atoms with E-state index in [0.717, 1.165) is 0 Å². The molecule has 0 unspecified atom stereocenters. The van der Waals surface area contributed by atoms with Crippen molar-refractivity contribution >= 4 is 11.6 Å². The standard InChI is InChI=1S/C16H20N2O4/c1-5-12-15(10(3)22-18-12)16(19)17-11-7-8-13(21-6-2)14(9-11)20-4/h7-9H,5-6H2,1-4H3,(H,17,19). The molecule has 6 heteroatoms. The second kappa shape index (κ2) is 6.98. The van der Waals surface area contributed by atoms with Gasteiger partial charge in [-0.2, -0.15) is 0 Å². The molecule has 0 bridgehead atoms. The van der Waals surface area contributed by atoms with Crippen molar-refractivity contribution in [2.24, 2.45) is 0 Å². The van der Waals surface area contributed by atoms with Crippen LogP contribution in [0.25, 0.3) is 0 Å². The van der Waals surface area contributed by atoms with Gasteiger partial charge in [-0.3, -0.25) is 4.79 Å². The number of ether oxygens (including phenoxy) is 2. The van der Waals surface area contributed by atoms with E-state index in [1.54, 1.807) is 32.2 Å². The highest BCUT2D eigenvalue weighted by molar-refractivity contribution is 6.05. The van der Waals surface area contributed by atoms with E-state index in [2.05, 4.69) is 10.5 Å². The zero-order chi connectivity index (χ0) is 16.1. The van der Waals surface area contributed by atoms with Crippen molar-refractivity contribution in [1.29, 1.82) is 0 Å². The molecule has 1 aromatic heterocycles. The number of aryl methyl sites for hydroxylation is 2. The number of nitrogens with zero attached hydrogens (tertiary/aromatic N) is 1. The Kier molecular flexibility index (Phi) is 5.04. The van der Waals surface area contributed by atoms with Crippen LogP contribution in [0.3, 0.4) is 0 Å². The zero-order valence-corrected chi connectivity index (χ0v) is 13.2. The fourth-order valence-corrected chi connectivity index (χ4v) is 2.16. The van der Waals surface area contributed by atoms with Crippen LogP contribution in [-0.4, -0.2) is 24.8 Å². The predicted molar refractivity (Wildman–Crippen MR) is 82.7 cm³/mol. The van der Waals surface area contributed by atoms with Gasteiger partial charge in [0.25, 0.3) is 5.91 Å². The van der Waals surface area contributed by atoms with Crippen molar-refractivity contribution in [3.63, 3.8) is 0 Å². The molecule has 1 heterocycles. The van der Waals surface area contributed by atoms with Gasteiger partial charge in [0.05, 0.1) is 19.4 Å². The molecular formula is C16H20N2O4. The Labute approximate surface area is 129 Å². The molecule has 2 aromatic rings. The van der Waals surface area contributed by atoms with Crippen LogP contribution in [0.15, 0.2) is 22.7 Å². The van der Waals surface area contributed by atoms with E-state index in [-0.39, 0.29) is 5.91 Å². The summed E-state index contributed by atoms with van der Waals surface area (Å²) in [5.41, 5.74) is 1.75. The van der Waals surface area contributed by atoms with Crippen molar-refractivity contribution in [3.05, 3.63) is 35.2 Å². The van der Waals surface area contributed by atoms with Gasteiger partial charge in [0.15, 0.2) is 11.5 Å². The summed E-state index contributed by atoms with van der Waals surface area (Å²) in [5.74, 6) is 1.46. The third-order valence-electron chi connectivity index (χ3n) is 3.22. The molecule has 0 aliphatic heterocycles. The predicted octanol–water partition coefficient (Wildman–Crippen LogP) is 3.21. The number of rotatable bonds is 6. The van der Waals surface area contributed by atoms with Crippen LogP contribution in [0, 0.1) is 6.92 Å². The van der Waals surface area contributed by atoms with Gasteiger partial charge in [0, 0.05) is 11.8 Å². The van der Waals surface area contributed by atoms with E-state index >= 15 is 0 Å². The summed E-state index contributed by atoms with van der Waals surface area (Å²) in [4.78, 5) is 12.4. The van der Waals surface area contributed by atoms with E-state index in [1.807, 2.05) is 13.8 Å². The van der Waals surface area contributed by atoms with Gasteiger partial charge < -0.3 is 19.3 Å². The molecule has 2 rings (SSSR count). The van der Waals surface area contributed by atoms with Gasteiger partial charge in [-0.1, -0.05) is 12.1 Å². The van der Waals surface area contributed by atoms with E-state index < -0.39 is 0 Å².